The van der Waals surface area contributed by atoms with Gasteiger partial charge in [-0.2, -0.15) is 0 Å². The van der Waals surface area contributed by atoms with Crippen LogP contribution in [0.5, 0.6) is 5.75 Å². The summed E-state index contributed by atoms with van der Waals surface area (Å²) in [6, 6.07) is 7.69. The van der Waals surface area contributed by atoms with E-state index in [0.717, 1.165) is 36.5 Å². The molecule has 0 radical (unpaired) electrons. The van der Waals surface area contributed by atoms with Crippen LogP contribution in [0, 0.1) is 12.8 Å². The lowest BCUT2D eigenvalue weighted by Gasteiger charge is -2.37. The molecule has 0 saturated carbocycles. The van der Waals surface area contributed by atoms with E-state index in [1.165, 1.54) is 0 Å². The van der Waals surface area contributed by atoms with E-state index in [1.807, 2.05) is 49.9 Å². The summed E-state index contributed by atoms with van der Waals surface area (Å²) in [4.78, 5) is 14.9. The van der Waals surface area contributed by atoms with Crippen LogP contribution < -0.4 is 10.5 Å². The summed E-state index contributed by atoms with van der Waals surface area (Å²) in [7, 11) is 0. The topological polar surface area (TPSA) is 86.3 Å². The van der Waals surface area contributed by atoms with Crippen molar-refractivity contribution in [2.24, 2.45) is 11.7 Å². The quantitative estimate of drug-likeness (QED) is 0.873. The number of nitrogens with zero attached hydrogens (tertiary/aromatic N) is 4. The molecular weight excluding hydrogens is 342 g/mol. The molecule has 2 atom stereocenters. The largest absolute Gasteiger partial charge is 0.491 e. The maximum absolute atomic E-state index is 13.1. The summed E-state index contributed by atoms with van der Waals surface area (Å²) in [5.74, 6) is 1.31. The van der Waals surface area contributed by atoms with Crippen molar-refractivity contribution in [2.45, 2.75) is 52.7 Å². The van der Waals surface area contributed by atoms with E-state index in [9.17, 15) is 4.79 Å². The molecule has 146 valence electrons. The lowest BCUT2D eigenvalue weighted by Crippen LogP contribution is -2.49. The molecule has 1 aliphatic rings. The molecule has 0 spiro atoms. The number of carbonyl (C=O) groups is 1. The van der Waals surface area contributed by atoms with Gasteiger partial charge in [-0.25, -0.2) is 4.68 Å². The number of likely N-dealkylation sites (tertiary alicyclic amines) is 1. The van der Waals surface area contributed by atoms with E-state index in [1.54, 1.807) is 4.68 Å². The summed E-state index contributed by atoms with van der Waals surface area (Å²) in [5.41, 5.74) is 7.88. The minimum Gasteiger partial charge on any atom is -0.491 e. The number of hydrogen-bond donors (Lipinski definition) is 1. The van der Waals surface area contributed by atoms with Gasteiger partial charge in [0.25, 0.3) is 5.91 Å². The fourth-order valence-electron chi connectivity index (χ4n) is 3.59. The van der Waals surface area contributed by atoms with Crippen molar-refractivity contribution in [3.05, 3.63) is 35.7 Å². The van der Waals surface area contributed by atoms with Gasteiger partial charge in [0.1, 0.15) is 5.75 Å². The molecule has 3 rings (SSSR count). The maximum atomic E-state index is 13.1. The third kappa shape index (κ3) is 4.13. The smallest absolute Gasteiger partial charge is 0.276 e. The minimum atomic E-state index is -0.0825. The normalized spacial score (nSPS) is 20.1. The van der Waals surface area contributed by atoms with Crippen molar-refractivity contribution >= 4 is 5.91 Å². The first-order valence-corrected chi connectivity index (χ1v) is 9.61. The van der Waals surface area contributed by atoms with Crippen LogP contribution in [-0.2, 0) is 0 Å². The zero-order valence-electron chi connectivity index (χ0n) is 16.6. The molecule has 7 nitrogen and oxygen atoms in total. The Hall–Kier alpha value is -2.41. The summed E-state index contributed by atoms with van der Waals surface area (Å²) < 4.78 is 7.36. The summed E-state index contributed by atoms with van der Waals surface area (Å²) in [5, 5.41) is 8.38. The zero-order valence-corrected chi connectivity index (χ0v) is 16.6. The molecule has 1 amide bonds. The second kappa shape index (κ2) is 8.08. The monoisotopic (exact) mass is 371 g/mol. The van der Waals surface area contributed by atoms with Gasteiger partial charge in [0.2, 0.25) is 0 Å². The predicted molar refractivity (Wildman–Crippen MR) is 104 cm³/mol. The van der Waals surface area contributed by atoms with Crippen molar-refractivity contribution in [3.8, 4) is 11.4 Å². The van der Waals surface area contributed by atoms with Crippen LogP contribution in [-0.4, -0.2) is 51.0 Å². The molecular formula is C20H29N5O2. The Morgan fingerprint density at radius 1 is 1.33 bits per heavy atom. The second-order valence-electron chi connectivity index (χ2n) is 7.61. The van der Waals surface area contributed by atoms with Crippen LogP contribution in [0.2, 0.25) is 0 Å². The third-order valence-corrected chi connectivity index (χ3v) is 5.06. The van der Waals surface area contributed by atoms with Gasteiger partial charge in [0.05, 0.1) is 17.5 Å². The van der Waals surface area contributed by atoms with Crippen LogP contribution >= 0.6 is 0 Å². The van der Waals surface area contributed by atoms with E-state index < -0.39 is 0 Å². The molecule has 7 heteroatoms. The van der Waals surface area contributed by atoms with Crippen LogP contribution in [0.1, 0.15) is 49.8 Å². The van der Waals surface area contributed by atoms with Gasteiger partial charge in [-0.1, -0.05) is 12.1 Å². The zero-order chi connectivity index (χ0) is 19.6. The van der Waals surface area contributed by atoms with Crippen molar-refractivity contribution in [2.75, 3.05) is 13.1 Å². The summed E-state index contributed by atoms with van der Waals surface area (Å²) in [6.45, 7) is 9.25. The average molecular weight is 371 g/mol. The van der Waals surface area contributed by atoms with Gasteiger partial charge in [0.15, 0.2) is 5.69 Å². The third-order valence-electron chi connectivity index (χ3n) is 5.06. The molecule has 2 aromatic rings. The van der Waals surface area contributed by atoms with Crippen LogP contribution in [0.15, 0.2) is 24.3 Å². The Labute approximate surface area is 160 Å². The van der Waals surface area contributed by atoms with E-state index in [2.05, 4.69) is 17.2 Å². The predicted octanol–water partition coefficient (Wildman–Crippen LogP) is 2.56. The van der Waals surface area contributed by atoms with E-state index in [0.29, 0.717) is 18.2 Å². The summed E-state index contributed by atoms with van der Waals surface area (Å²) >= 11 is 0. The second-order valence-corrected chi connectivity index (χ2v) is 7.61. The first kappa shape index (κ1) is 19.4. The van der Waals surface area contributed by atoms with Crippen LogP contribution in [0.4, 0.5) is 0 Å². The number of nitrogens with two attached hydrogens (primary N) is 1. The Morgan fingerprint density at radius 3 is 2.67 bits per heavy atom. The van der Waals surface area contributed by atoms with Gasteiger partial charge in [-0.3, -0.25) is 4.79 Å². The molecule has 1 aliphatic heterocycles. The Kier molecular flexibility index (Phi) is 5.79. The van der Waals surface area contributed by atoms with E-state index in [-0.39, 0.29) is 18.1 Å². The van der Waals surface area contributed by atoms with Crippen molar-refractivity contribution in [3.63, 3.8) is 0 Å². The number of amides is 1. The number of benzene rings is 1. The number of piperidine rings is 1. The number of aromatic nitrogens is 3. The first-order chi connectivity index (χ1) is 12.9. The minimum absolute atomic E-state index is 0.0678. The van der Waals surface area contributed by atoms with Gasteiger partial charge in [-0.05, 0) is 63.8 Å². The van der Waals surface area contributed by atoms with Gasteiger partial charge in [-0.15, -0.1) is 5.10 Å². The maximum Gasteiger partial charge on any atom is 0.276 e. The fourth-order valence-corrected chi connectivity index (χ4v) is 3.59. The number of carbonyl (C=O) groups excluding carboxylic acids is 1. The molecule has 2 unspecified atom stereocenters. The van der Waals surface area contributed by atoms with Gasteiger partial charge < -0.3 is 15.4 Å². The summed E-state index contributed by atoms with van der Waals surface area (Å²) in [6.07, 6.45) is 2.05. The molecule has 1 fully saturated rings. The standard InChI is InChI=1S/C20H29N5O2/c1-13(2)27-18-7-5-16(6-8-18)25-15(4)19(22-23-25)20(26)24-10-9-14(3)11-17(24)12-21/h5-8,13-14,17H,9-12,21H2,1-4H3. The molecule has 2 heterocycles. The average Bonchev–Trinajstić information content (AvgIpc) is 3.02. The number of ether oxygens (including phenoxy) is 1. The molecule has 1 aromatic heterocycles. The van der Waals surface area contributed by atoms with Crippen molar-refractivity contribution in [1.82, 2.24) is 19.9 Å². The van der Waals surface area contributed by atoms with Crippen LogP contribution in [0.3, 0.4) is 0 Å². The highest BCUT2D eigenvalue weighted by Gasteiger charge is 2.32. The van der Waals surface area contributed by atoms with E-state index in [4.69, 9.17) is 10.5 Å². The molecule has 1 saturated heterocycles. The highest BCUT2D eigenvalue weighted by molar-refractivity contribution is 5.93. The Balaban J connectivity index is 1.81. The SMILES string of the molecule is Cc1c(C(=O)N2CCC(C)CC2CN)nnn1-c1ccc(OC(C)C)cc1. The van der Waals surface area contributed by atoms with Crippen molar-refractivity contribution < 1.29 is 9.53 Å². The lowest BCUT2D eigenvalue weighted by molar-refractivity contribution is 0.0566. The first-order valence-electron chi connectivity index (χ1n) is 9.61. The molecule has 2 N–H and O–H groups in total. The van der Waals surface area contributed by atoms with E-state index >= 15 is 0 Å². The lowest BCUT2D eigenvalue weighted by atomic mass is 9.92. The Bertz CT molecular complexity index is 784. The molecule has 1 aromatic carbocycles. The molecule has 27 heavy (non-hydrogen) atoms. The molecule has 0 bridgehead atoms. The number of rotatable bonds is 5. The molecule has 0 aliphatic carbocycles. The van der Waals surface area contributed by atoms with Gasteiger partial charge >= 0.3 is 0 Å². The van der Waals surface area contributed by atoms with Gasteiger partial charge in [0, 0.05) is 19.1 Å². The number of hydrogen-bond acceptors (Lipinski definition) is 5. The van der Waals surface area contributed by atoms with Crippen LogP contribution in [0.25, 0.3) is 5.69 Å². The highest BCUT2D eigenvalue weighted by Crippen LogP contribution is 2.25. The Morgan fingerprint density at radius 2 is 2.04 bits per heavy atom. The fraction of sp³-hybridized carbons (Fsp3) is 0.550. The highest BCUT2D eigenvalue weighted by atomic mass is 16.5. The van der Waals surface area contributed by atoms with Crippen molar-refractivity contribution in [1.29, 1.82) is 0 Å².